The van der Waals surface area contributed by atoms with Gasteiger partial charge in [0.05, 0.1) is 31.1 Å². The molecule has 0 radical (unpaired) electrons. The molecular formula is C24H26N4O2. The maximum Gasteiger partial charge on any atom is 0.176 e. The maximum atomic E-state index is 11.8. The number of nitrogens with one attached hydrogen (secondary N) is 1. The summed E-state index contributed by atoms with van der Waals surface area (Å²) in [7, 11) is 0. The third-order valence-corrected chi connectivity index (χ3v) is 5.94. The lowest BCUT2D eigenvalue weighted by Crippen LogP contribution is -2.37. The van der Waals surface area contributed by atoms with Crippen LogP contribution in [0.15, 0.2) is 65.9 Å². The Morgan fingerprint density at radius 3 is 2.87 bits per heavy atom. The van der Waals surface area contributed by atoms with Gasteiger partial charge in [-0.2, -0.15) is 5.10 Å². The average molecular weight is 402 g/mol. The quantitative estimate of drug-likeness (QED) is 0.768. The number of nitrogens with zero attached hydrogens (tertiary/aromatic N) is 3. The van der Waals surface area contributed by atoms with Crippen LogP contribution in [0.25, 0.3) is 11.4 Å². The lowest BCUT2D eigenvalue weighted by molar-refractivity contribution is -0.113. The Hall–Kier alpha value is -3.12. The maximum absolute atomic E-state index is 11.8. The summed E-state index contributed by atoms with van der Waals surface area (Å²) in [5.74, 6) is 1.52. The zero-order valence-corrected chi connectivity index (χ0v) is 17.2. The van der Waals surface area contributed by atoms with Gasteiger partial charge in [0.2, 0.25) is 0 Å². The third-order valence-electron chi connectivity index (χ3n) is 5.94. The number of carbonyl (C=O) groups excluding carboxylic acids is 1. The van der Waals surface area contributed by atoms with Crippen molar-refractivity contribution in [1.82, 2.24) is 20.0 Å². The summed E-state index contributed by atoms with van der Waals surface area (Å²) in [5.41, 5.74) is 6.67. The largest absolute Gasteiger partial charge is 0.378 e. The molecule has 3 aliphatic heterocycles. The van der Waals surface area contributed by atoms with Crippen molar-refractivity contribution < 1.29 is 9.53 Å². The minimum absolute atomic E-state index is 0.131. The molecule has 1 aliphatic carbocycles. The van der Waals surface area contributed by atoms with E-state index in [-0.39, 0.29) is 5.78 Å². The zero-order chi connectivity index (χ0) is 20.7. The van der Waals surface area contributed by atoms with Crippen LogP contribution in [0.2, 0.25) is 0 Å². The van der Waals surface area contributed by atoms with Gasteiger partial charge in [0.25, 0.3) is 0 Å². The van der Waals surface area contributed by atoms with Crippen molar-refractivity contribution in [3.8, 4) is 0 Å². The predicted octanol–water partition coefficient (Wildman–Crippen LogP) is 3.01. The van der Waals surface area contributed by atoms with E-state index in [0.717, 1.165) is 47.9 Å². The summed E-state index contributed by atoms with van der Waals surface area (Å²) in [6.07, 6.45) is 12.8. The van der Waals surface area contributed by atoms with Crippen molar-refractivity contribution in [3.05, 3.63) is 77.3 Å². The van der Waals surface area contributed by atoms with Crippen LogP contribution in [-0.4, -0.2) is 53.3 Å². The molecule has 2 fully saturated rings. The number of ketones is 1. The van der Waals surface area contributed by atoms with E-state index in [1.807, 2.05) is 19.1 Å². The molecule has 5 rings (SSSR count). The molecule has 1 saturated heterocycles. The van der Waals surface area contributed by atoms with E-state index < -0.39 is 0 Å². The van der Waals surface area contributed by atoms with Crippen LogP contribution >= 0.6 is 0 Å². The van der Waals surface area contributed by atoms with Gasteiger partial charge >= 0.3 is 0 Å². The highest BCUT2D eigenvalue weighted by Gasteiger charge is 2.41. The van der Waals surface area contributed by atoms with Gasteiger partial charge < -0.3 is 15.0 Å². The highest BCUT2D eigenvalue weighted by molar-refractivity contribution is 5.96. The normalized spacial score (nSPS) is 23.6. The fourth-order valence-electron chi connectivity index (χ4n) is 4.41. The fourth-order valence-corrected chi connectivity index (χ4v) is 4.41. The van der Waals surface area contributed by atoms with Crippen molar-refractivity contribution >= 4 is 17.2 Å². The number of ether oxygens (including phenoxy) is 1. The molecule has 1 atom stereocenters. The van der Waals surface area contributed by atoms with Crippen LogP contribution in [0, 0.1) is 0 Å². The molecule has 30 heavy (non-hydrogen) atoms. The molecule has 0 aromatic carbocycles. The van der Waals surface area contributed by atoms with Gasteiger partial charge in [0, 0.05) is 41.9 Å². The first kappa shape index (κ1) is 18.9. The van der Waals surface area contributed by atoms with Gasteiger partial charge in [0.15, 0.2) is 5.78 Å². The molecule has 0 bridgehead atoms. The number of carbonyl (C=O) groups is 1. The number of hydrogen-bond donors (Lipinski definition) is 1. The first-order valence-electron chi connectivity index (χ1n) is 10.5. The van der Waals surface area contributed by atoms with Crippen LogP contribution in [0.1, 0.15) is 30.7 Å². The average Bonchev–Trinajstić information content (AvgIpc) is 3.26. The highest BCUT2D eigenvalue weighted by Crippen LogP contribution is 2.53. The van der Waals surface area contributed by atoms with E-state index in [1.165, 1.54) is 11.3 Å². The number of allylic oxidation sites excluding steroid dienone is 7. The first-order valence-corrected chi connectivity index (χ1v) is 10.5. The van der Waals surface area contributed by atoms with E-state index in [9.17, 15) is 4.79 Å². The Balaban J connectivity index is 1.63. The Morgan fingerprint density at radius 1 is 1.33 bits per heavy atom. The topological polar surface area (TPSA) is 59.4 Å². The molecule has 0 amide bonds. The molecule has 1 unspecified atom stereocenters. The van der Waals surface area contributed by atoms with Crippen LogP contribution in [-0.2, 0) is 9.53 Å². The fraction of sp³-hybridized carbons (Fsp3) is 0.333. The minimum Gasteiger partial charge on any atom is -0.378 e. The predicted molar refractivity (Wildman–Crippen MR) is 117 cm³/mol. The van der Waals surface area contributed by atoms with Gasteiger partial charge in [-0.05, 0) is 25.5 Å². The smallest absolute Gasteiger partial charge is 0.176 e. The van der Waals surface area contributed by atoms with Crippen LogP contribution in [0.4, 0.5) is 0 Å². The second-order valence-electron chi connectivity index (χ2n) is 7.90. The lowest BCUT2D eigenvalue weighted by Gasteiger charge is -2.31. The lowest BCUT2D eigenvalue weighted by atomic mass is 10.1. The summed E-state index contributed by atoms with van der Waals surface area (Å²) in [4.78, 5) is 14.2. The zero-order valence-electron chi connectivity index (χ0n) is 17.2. The molecule has 4 heterocycles. The number of rotatable bonds is 5. The molecule has 4 aliphatic rings. The minimum atomic E-state index is 0.131. The number of fused-ring (bicyclic) bond motifs is 3. The molecule has 154 valence electrons. The van der Waals surface area contributed by atoms with E-state index in [2.05, 4.69) is 39.7 Å². The Kier molecular flexibility index (Phi) is 4.79. The Labute approximate surface area is 176 Å². The van der Waals surface area contributed by atoms with Crippen molar-refractivity contribution in [2.45, 2.75) is 19.3 Å². The van der Waals surface area contributed by atoms with Gasteiger partial charge in [-0.1, -0.05) is 36.5 Å². The van der Waals surface area contributed by atoms with E-state index >= 15 is 0 Å². The molecule has 6 nitrogen and oxygen atoms in total. The third kappa shape index (κ3) is 3.27. The van der Waals surface area contributed by atoms with Gasteiger partial charge in [-0.25, -0.2) is 4.68 Å². The summed E-state index contributed by atoms with van der Waals surface area (Å²) >= 11 is 0. The van der Waals surface area contributed by atoms with Crippen molar-refractivity contribution in [1.29, 1.82) is 0 Å². The molecule has 1 saturated carbocycles. The number of aromatic nitrogens is 2. The molecule has 6 heteroatoms. The van der Waals surface area contributed by atoms with E-state index in [0.29, 0.717) is 25.7 Å². The van der Waals surface area contributed by atoms with Crippen molar-refractivity contribution in [2.24, 2.45) is 0 Å². The van der Waals surface area contributed by atoms with E-state index in [1.54, 1.807) is 12.2 Å². The van der Waals surface area contributed by atoms with Crippen LogP contribution in [0.5, 0.6) is 0 Å². The van der Waals surface area contributed by atoms with Crippen LogP contribution in [0.3, 0.4) is 0 Å². The summed E-state index contributed by atoms with van der Waals surface area (Å²) < 4.78 is 7.68. The summed E-state index contributed by atoms with van der Waals surface area (Å²) in [6, 6.07) is 2.20. The first-order chi connectivity index (χ1) is 14.7. The summed E-state index contributed by atoms with van der Waals surface area (Å²) in [6.45, 7) is 9.29. The molecule has 1 N–H and O–H groups in total. The molecule has 1 aromatic heterocycles. The van der Waals surface area contributed by atoms with Crippen molar-refractivity contribution in [2.75, 3.05) is 32.8 Å². The SMILES string of the molecule is C=C/C=C(\C=C/C)c1cc2n(n1)C(N1CCOCC1)=CC(C1=CC(=O)CN1)=C1CC12. The Morgan fingerprint density at radius 2 is 2.17 bits per heavy atom. The standard InChI is InChI=1S/C24H26N4O2/c1-3-5-16(6-4-2)21-14-23-20-12-18(20)19(22-11-17(29)15-25-22)13-24(28(23)26-21)27-7-9-30-10-8-27/h3-6,11,13-14,20,25H,1,7-10,12,15H2,2H3/b6-4-,16-5+. The Bertz CT molecular complexity index is 1060. The van der Waals surface area contributed by atoms with Crippen LogP contribution < -0.4 is 5.32 Å². The molecule has 1 aromatic rings. The highest BCUT2D eigenvalue weighted by atomic mass is 16.5. The molecule has 0 spiro atoms. The summed E-state index contributed by atoms with van der Waals surface area (Å²) in [5, 5.41) is 8.30. The van der Waals surface area contributed by atoms with Gasteiger partial charge in [-0.3, -0.25) is 4.79 Å². The second kappa shape index (κ2) is 7.61. The number of morpholine rings is 1. The number of hydrogen-bond acceptors (Lipinski definition) is 5. The van der Waals surface area contributed by atoms with Gasteiger partial charge in [0.1, 0.15) is 5.82 Å². The molecular weight excluding hydrogens is 376 g/mol. The monoisotopic (exact) mass is 402 g/mol. The van der Waals surface area contributed by atoms with E-state index in [4.69, 9.17) is 9.84 Å². The van der Waals surface area contributed by atoms with Gasteiger partial charge in [-0.15, -0.1) is 0 Å². The van der Waals surface area contributed by atoms with Crippen molar-refractivity contribution in [3.63, 3.8) is 0 Å². The second-order valence-corrected chi connectivity index (χ2v) is 7.90.